The lowest BCUT2D eigenvalue weighted by molar-refractivity contribution is -0.0499. The van der Waals surface area contributed by atoms with Gasteiger partial charge in [0.1, 0.15) is 0 Å². The van der Waals surface area contributed by atoms with Crippen molar-refractivity contribution in [2.75, 3.05) is 19.7 Å². The average molecular weight is 327 g/mol. The van der Waals surface area contributed by atoms with E-state index in [-0.39, 0.29) is 6.04 Å². The van der Waals surface area contributed by atoms with Gasteiger partial charge in [0.2, 0.25) is 0 Å². The van der Waals surface area contributed by atoms with E-state index >= 15 is 0 Å². The van der Waals surface area contributed by atoms with Crippen molar-refractivity contribution >= 4 is 15.9 Å². The van der Waals surface area contributed by atoms with Gasteiger partial charge in [-0.15, -0.1) is 0 Å². The summed E-state index contributed by atoms with van der Waals surface area (Å²) >= 11 is 3.45. The van der Waals surface area contributed by atoms with Crippen molar-refractivity contribution in [1.82, 2.24) is 4.90 Å². The van der Waals surface area contributed by atoms with Gasteiger partial charge in [0.15, 0.2) is 0 Å². The molecule has 0 radical (unpaired) electrons. The lowest BCUT2D eigenvalue weighted by Crippen LogP contribution is -2.47. The Bertz CT molecular complexity index is 396. The number of benzene rings is 1. The molecule has 106 valence electrons. The van der Waals surface area contributed by atoms with E-state index in [2.05, 4.69) is 58.9 Å². The van der Waals surface area contributed by atoms with Gasteiger partial charge in [-0.05, 0) is 38.0 Å². The van der Waals surface area contributed by atoms with Crippen LogP contribution in [0.4, 0.5) is 0 Å². The smallest absolute Gasteiger partial charge is 0.0674 e. The maximum atomic E-state index is 6.27. The average Bonchev–Trinajstić information content (AvgIpc) is 2.40. The molecule has 1 aromatic carbocycles. The van der Waals surface area contributed by atoms with Gasteiger partial charge in [-0.25, -0.2) is 0 Å². The van der Waals surface area contributed by atoms with Crippen molar-refractivity contribution in [3.63, 3.8) is 0 Å². The maximum absolute atomic E-state index is 6.27. The normalized spacial score (nSPS) is 26.3. The molecule has 4 heteroatoms. The van der Waals surface area contributed by atoms with Crippen molar-refractivity contribution in [2.24, 2.45) is 5.73 Å². The third-order valence-electron chi connectivity index (χ3n) is 3.76. The van der Waals surface area contributed by atoms with Gasteiger partial charge in [-0.3, -0.25) is 4.90 Å². The Morgan fingerprint density at radius 2 is 2.05 bits per heavy atom. The van der Waals surface area contributed by atoms with Gasteiger partial charge in [0, 0.05) is 29.6 Å². The monoisotopic (exact) mass is 326 g/mol. The Hall–Kier alpha value is -0.420. The number of hydrogen-bond donors (Lipinski definition) is 1. The molecule has 1 saturated heterocycles. The third kappa shape index (κ3) is 4.28. The van der Waals surface area contributed by atoms with Crippen LogP contribution in [0.5, 0.6) is 0 Å². The summed E-state index contributed by atoms with van der Waals surface area (Å²) in [7, 11) is 0. The maximum Gasteiger partial charge on any atom is 0.0674 e. The molecule has 2 rings (SSSR count). The van der Waals surface area contributed by atoms with E-state index in [0.717, 1.165) is 30.6 Å². The highest BCUT2D eigenvalue weighted by molar-refractivity contribution is 9.10. The topological polar surface area (TPSA) is 38.5 Å². The predicted octanol–water partition coefficient (Wildman–Crippen LogP) is 2.95. The first kappa shape index (κ1) is 15.0. The molecule has 1 aliphatic heterocycles. The Balaban J connectivity index is 1.85. The largest absolute Gasteiger partial charge is 0.376 e. The van der Waals surface area contributed by atoms with Gasteiger partial charge in [-0.1, -0.05) is 28.1 Å². The first-order valence-corrected chi connectivity index (χ1v) is 7.72. The van der Waals surface area contributed by atoms with Gasteiger partial charge in [0.05, 0.1) is 12.7 Å². The highest BCUT2D eigenvalue weighted by Gasteiger charge is 2.23. The molecule has 3 atom stereocenters. The molecule has 2 N–H and O–H groups in total. The Labute approximate surface area is 124 Å². The third-order valence-corrected chi connectivity index (χ3v) is 4.29. The zero-order valence-corrected chi connectivity index (χ0v) is 13.3. The number of nitrogens with zero attached hydrogens (tertiary/aromatic N) is 1. The van der Waals surface area contributed by atoms with Crippen molar-refractivity contribution in [3.05, 3.63) is 34.3 Å². The first-order chi connectivity index (χ1) is 9.06. The van der Waals surface area contributed by atoms with E-state index in [1.807, 2.05) is 0 Å². The van der Waals surface area contributed by atoms with Crippen molar-refractivity contribution in [1.29, 1.82) is 0 Å². The lowest BCUT2D eigenvalue weighted by atomic mass is 10.0. The lowest BCUT2D eigenvalue weighted by Gasteiger charge is -2.37. The number of halogens is 1. The van der Waals surface area contributed by atoms with Gasteiger partial charge >= 0.3 is 0 Å². The highest BCUT2D eigenvalue weighted by atomic mass is 79.9. The Kier molecular flexibility index (Phi) is 5.39. The van der Waals surface area contributed by atoms with E-state index in [1.54, 1.807) is 0 Å². The van der Waals surface area contributed by atoms with E-state index < -0.39 is 0 Å². The molecule has 1 fully saturated rings. The standard InChI is InChI=1S/C15H23BrN2O/c1-11-10-19-12(2)9-18(11)8-7-15(17)13-3-5-14(16)6-4-13/h3-6,11-12,15H,7-10,17H2,1-2H3. The zero-order valence-electron chi connectivity index (χ0n) is 11.7. The van der Waals surface area contributed by atoms with Crippen LogP contribution >= 0.6 is 15.9 Å². The van der Waals surface area contributed by atoms with Gasteiger partial charge in [0.25, 0.3) is 0 Å². The summed E-state index contributed by atoms with van der Waals surface area (Å²) in [6.07, 6.45) is 1.32. The number of nitrogens with two attached hydrogens (primary N) is 1. The molecule has 0 saturated carbocycles. The second-order valence-corrected chi connectivity index (χ2v) is 6.35. The molecule has 1 aliphatic rings. The van der Waals surface area contributed by atoms with Gasteiger partial charge in [-0.2, -0.15) is 0 Å². The second kappa shape index (κ2) is 6.84. The van der Waals surface area contributed by atoms with E-state index in [1.165, 1.54) is 5.56 Å². The summed E-state index contributed by atoms with van der Waals surface area (Å²) in [5, 5.41) is 0. The first-order valence-electron chi connectivity index (χ1n) is 6.93. The summed E-state index contributed by atoms with van der Waals surface area (Å²) in [5.74, 6) is 0. The number of ether oxygens (including phenoxy) is 1. The van der Waals surface area contributed by atoms with Crippen LogP contribution in [0.1, 0.15) is 31.9 Å². The second-order valence-electron chi connectivity index (χ2n) is 5.43. The molecule has 19 heavy (non-hydrogen) atoms. The SMILES string of the molecule is CC1CN(CCC(N)c2ccc(Br)cc2)C(C)CO1. The zero-order chi connectivity index (χ0) is 13.8. The van der Waals surface area contributed by atoms with Gasteiger partial charge < -0.3 is 10.5 Å². The van der Waals surface area contributed by atoms with Crippen molar-refractivity contribution in [2.45, 2.75) is 38.5 Å². The number of morpholine rings is 1. The summed E-state index contributed by atoms with van der Waals surface area (Å²) in [5.41, 5.74) is 7.47. The minimum atomic E-state index is 0.110. The van der Waals surface area contributed by atoms with E-state index in [9.17, 15) is 0 Å². The molecule has 0 aliphatic carbocycles. The molecule has 3 unspecified atom stereocenters. The molecular formula is C15H23BrN2O. The van der Waals surface area contributed by atoms with Crippen LogP contribution < -0.4 is 5.73 Å². The summed E-state index contributed by atoms with van der Waals surface area (Å²) in [6.45, 7) is 7.22. The quantitative estimate of drug-likeness (QED) is 0.924. The van der Waals surface area contributed by atoms with Crippen molar-refractivity contribution < 1.29 is 4.74 Å². The Morgan fingerprint density at radius 3 is 2.74 bits per heavy atom. The van der Waals surface area contributed by atoms with Crippen LogP contribution in [0.2, 0.25) is 0 Å². The van der Waals surface area contributed by atoms with Crippen LogP contribution in [0.25, 0.3) is 0 Å². The summed E-state index contributed by atoms with van der Waals surface area (Å²) < 4.78 is 6.74. The van der Waals surface area contributed by atoms with Crippen LogP contribution in [-0.2, 0) is 4.74 Å². The fourth-order valence-electron chi connectivity index (χ4n) is 2.47. The number of rotatable bonds is 4. The van der Waals surface area contributed by atoms with Crippen LogP contribution in [0.15, 0.2) is 28.7 Å². The van der Waals surface area contributed by atoms with Crippen molar-refractivity contribution in [3.8, 4) is 0 Å². The molecule has 1 heterocycles. The molecule has 0 amide bonds. The molecule has 0 bridgehead atoms. The van der Waals surface area contributed by atoms with E-state index in [4.69, 9.17) is 10.5 Å². The summed E-state index contributed by atoms with van der Waals surface area (Å²) in [4.78, 5) is 2.48. The molecular weight excluding hydrogens is 304 g/mol. The van der Waals surface area contributed by atoms with E-state index in [0.29, 0.717) is 12.1 Å². The number of hydrogen-bond acceptors (Lipinski definition) is 3. The molecule has 1 aromatic rings. The van der Waals surface area contributed by atoms with Crippen LogP contribution in [0.3, 0.4) is 0 Å². The van der Waals surface area contributed by atoms with Crippen LogP contribution in [0, 0.1) is 0 Å². The van der Waals surface area contributed by atoms with Crippen LogP contribution in [-0.4, -0.2) is 36.7 Å². The molecule has 3 nitrogen and oxygen atoms in total. The minimum absolute atomic E-state index is 0.110. The molecule has 0 spiro atoms. The molecule has 0 aromatic heterocycles. The summed E-state index contributed by atoms with van der Waals surface area (Å²) in [6, 6.07) is 8.90. The fourth-order valence-corrected chi connectivity index (χ4v) is 2.73. The fraction of sp³-hybridized carbons (Fsp3) is 0.600. The highest BCUT2D eigenvalue weighted by Crippen LogP contribution is 2.19. The minimum Gasteiger partial charge on any atom is -0.376 e. The Morgan fingerprint density at radius 1 is 1.37 bits per heavy atom. The predicted molar refractivity (Wildman–Crippen MR) is 82.1 cm³/mol.